The van der Waals surface area contributed by atoms with Gasteiger partial charge in [-0.25, -0.2) is 9.97 Å². The molecule has 1 fully saturated rings. The number of anilines is 1. The molecule has 0 radical (unpaired) electrons. The number of rotatable bonds is 5. The van der Waals surface area contributed by atoms with Crippen LogP contribution in [-0.2, 0) is 19.5 Å². The largest absolute Gasteiger partial charge is 0.353 e. The fraction of sp³-hybridized carbons (Fsp3) is 0.560. The minimum Gasteiger partial charge on any atom is -0.353 e. The molecule has 1 atom stereocenters. The monoisotopic (exact) mass is 450 g/mol. The summed E-state index contributed by atoms with van der Waals surface area (Å²) in [5.41, 5.74) is 3.86. The summed E-state index contributed by atoms with van der Waals surface area (Å²) in [6.07, 6.45) is 3.56. The van der Waals surface area contributed by atoms with Crippen molar-refractivity contribution in [1.29, 1.82) is 5.26 Å². The van der Waals surface area contributed by atoms with Gasteiger partial charge in [-0.3, -0.25) is 9.80 Å². The summed E-state index contributed by atoms with van der Waals surface area (Å²) < 4.78 is 0. The molecule has 0 N–H and O–H groups in total. The van der Waals surface area contributed by atoms with E-state index >= 15 is 0 Å². The average molecular weight is 451 g/mol. The smallest absolute Gasteiger partial charge is 0.189 e. The lowest BCUT2D eigenvalue weighted by molar-refractivity contribution is 0.0724. The van der Waals surface area contributed by atoms with Crippen molar-refractivity contribution >= 4 is 17.6 Å². The fourth-order valence-electron chi connectivity index (χ4n) is 4.98. The Bertz CT molecular complexity index is 965. The third-order valence-electron chi connectivity index (χ3n) is 6.50. The molecule has 170 valence electrons. The topological polar surface area (TPSA) is 59.3 Å². The molecule has 1 aromatic carbocycles. The maximum absolute atomic E-state index is 9.45. The number of benzene rings is 1. The first-order valence-corrected chi connectivity index (χ1v) is 12.7. The highest BCUT2D eigenvalue weighted by molar-refractivity contribution is 7.98. The van der Waals surface area contributed by atoms with Gasteiger partial charge in [0.2, 0.25) is 0 Å². The summed E-state index contributed by atoms with van der Waals surface area (Å²) in [6, 6.07) is 13.3. The van der Waals surface area contributed by atoms with Crippen LogP contribution in [0.2, 0.25) is 0 Å². The number of hydrogen-bond acceptors (Lipinski definition) is 7. The normalized spacial score (nSPS) is 20.1. The van der Waals surface area contributed by atoms with Gasteiger partial charge >= 0.3 is 0 Å². The molecule has 3 heterocycles. The molecule has 2 aliphatic heterocycles. The molecule has 2 aromatic rings. The second-order valence-corrected chi connectivity index (χ2v) is 10.5. The van der Waals surface area contributed by atoms with Crippen molar-refractivity contribution < 1.29 is 0 Å². The van der Waals surface area contributed by atoms with Crippen molar-refractivity contribution in [3.63, 3.8) is 0 Å². The molecule has 0 spiro atoms. The van der Waals surface area contributed by atoms with Gasteiger partial charge in [-0.05, 0) is 39.0 Å². The molecule has 1 aromatic heterocycles. The quantitative estimate of drug-likeness (QED) is 0.505. The summed E-state index contributed by atoms with van der Waals surface area (Å²) in [6.45, 7) is 12.3. The lowest BCUT2D eigenvalue weighted by Gasteiger charge is -2.48. The van der Waals surface area contributed by atoms with Crippen LogP contribution in [0.1, 0.15) is 44.0 Å². The van der Waals surface area contributed by atoms with E-state index in [1.807, 2.05) is 6.26 Å². The molecule has 7 heteroatoms. The van der Waals surface area contributed by atoms with E-state index in [1.165, 1.54) is 11.1 Å². The molecule has 6 nitrogen and oxygen atoms in total. The molecule has 0 aliphatic carbocycles. The van der Waals surface area contributed by atoms with Crippen LogP contribution in [-0.4, -0.2) is 63.8 Å². The van der Waals surface area contributed by atoms with Gasteiger partial charge in [-0.2, -0.15) is 5.26 Å². The molecule has 4 rings (SSSR count). The lowest BCUT2D eigenvalue weighted by Crippen LogP contribution is -2.59. The van der Waals surface area contributed by atoms with Crippen molar-refractivity contribution in [1.82, 2.24) is 19.8 Å². The number of nitrogens with zero attached hydrogens (tertiary/aromatic N) is 6. The Labute approximate surface area is 196 Å². The Kier molecular flexibility index (Phi) is 7.04. The van der Waals surface area contributed by atoms with Gasteiger partial charge in [0.1, 0.15) is 5.82 Å². The number of nitriles is 1. The van der Waals surface area contributed by atoms with Gasteiger partial charge in [-0.15, -0.1) is 0 Å². The third-order valence-corrected chi connectivity index (χ3v) is 7.05. The van der Waals surface area contributed by atoms with Crippen LogP contribution in [0.5, 0.6) is 0 Å². The van der Waals surface area contributed by atoms with Gasteiger partial charge in [0.05, 0.1) is 18.2 Å². The van der Waals surface area contributed by atoms with Gasteiger partial charge < -0.3 is 4.90 Å². The van der Waals surface area contributed by atoms with Crippen LogP contribution in [0.15, 0.2) is 35.5 Å². The second kappa shape index (κ2) is 9.78. The van der Waals surface area contributed by atoms with E-state index in [2.05, 4.69) is 71.9 Å². The number of aromatic nitrogens is 2. The number of piperazine rings is 1. The predicted molar refractivity (Wildman–Crippen MR) is 131 cm³/mol. The Morgan fingerprint density at radius 1 is 1.12 bits per heavy atom. The summed E-state index contributed by atoms with van der Waals surface area (Å²) in [4.78, 5) is 17.3. The molecule has 0 bridgehead atoms. The maximum Gasteiger partial charge on any atom is 0.189 e. The van der Waals surface area contributed by atoms with E-state index in [9.17, 15) is 5.26 Å². The number of hydrogen-bond donors (Lipinski definition) is 0. The zero-order chi connectivity index (χ0) is 22.7. The second-order valence-electron chi connectivity index (χ2n) is 9.73. The molecule has 0 saturated carbocycles. The highest BCUT2D eigenvalue weighted by atomic mass is 32.2. The molecule has 0 amide bonds. The van der Waals surface area contributed by atoms with E-state index in [0.717, 1.165) is 62.4 Å². The number of thioether (sulfide) groups is 1. The SMILES string of the molecule is CSc1nc2c(c(N3CCN(C(C)(C)C)C(CC#N)C3)n1)CCN(Cc1ccccc1)C2. The molecule has 32 heavy (non-hydrogen) atoms. The fourth-order valence-corrected chi connectivity index (χ4v) is 5.36. The minimum absolute atomic E-state index is 0.0566. The van der Waals surface area contributed by atoms with E-state index < -0.39 is 0 Å². The summed E-state index contributed by atoms with van der Waals surface area (Å²) in [5.74, 6) is 1.09. The van der Waals surface area contributed by atoms with E-state index in [0.29, 0.717) is 6.42 Å². The number of fused-ring (bicyclic) bond motifs is 1. The standard InChI is InChI=1S/C25H34N6S/c1-25(2,3)31-15-14-30(17-20(31)10-12-26)23-21-11-13-29(16-19-8-6-5-7-9-19)18-22(21)27-24(28-23)32-4/h5-9,20H,10-11,13-18H2,1-4H3. The first-order valence-electron chi connectivity index (χ1n) is 11.5. The summed E-state index contributed by atoms with van der Waals surface area (Å²) >= 11 is 1.61. The third kappa shape index (κ3) is 5.09. The van der Waals surface area contributed by atoms with Crippen molar-refractivity contribution in [2.45, 2.75) is 63.4 Å². The van der Waals surface area contributed by atoms with Crippen LogP contribution in [0.4, 0.5) is 5.82 Å². The zero-order valence-electron chi connectivity index (χ0n) is 19.7. The van der Waals surface area contributed by atoms with Crippen LogP contribution in [0, 0.1) is 11.3 Å². The van der Waals surface area contributed by atoms with E-state index in [1.54, 1.807) is 11.8 Å². The molecular formula is C25H34N6S. The predicted octanol–water partition coefficient (Wildman–Crippen LogP) is 3.96. The molecular weight excluding hydrogens is 416 g/mol. The zero-order valence-corrected chi connectivity index (χ0v) is 20.5. The average Bonchev–Trinajstić information content (AvgIpc) is 2.78. The van der Waals surface area contributed by atoms with Crippen molar-refractivity contribution in [3.05, 3.63) is 47.2 Å². The Morgan fingerprint density at radius 3 is 2.59 bits per heavy atom. The van der Waals surface area contributed by atoms with Crippen molar-refractivity contribution in [2.24, 2.45) is 0 Å². The summed E-state index contributed by atoms with van der Waals surface area (Å²) in [5, 5.41) is 10.3. The first-order chi connectivity index (χ1) is 15.4. The maximum atomic E-state index is 9.45. The Morgan fingerprint density at radius 2 is 1.91 bits per heavy atom. The van der Waals surface area contributed by atoms with E-state index in [-0.39, 0.29) is 11.6 Å². The minimum atomic E-state index is 0.0566. The molecule has 1 unspecified atom stereocenters. The molecule has 1 saturated heterocycles. The first kappa shape index (κ1) is 23.0. The highest BCUT2D eigenvalue weighted by Crippen LogP contribution is 2.32. The van der Waals surface area contributed by atoms with Gasteiger partial charge in [0.25, 0.3) is 0 Å². The van der Waals surface area contributed by atoms with Gasteiger partial charge in [0, 0.05) is 56.4 Å². The van der Waals surface area contributed by atoms with Crippen LogP contribution in [0.25, 0.3) is 0 Å². The lowest BCUT2D eigenvalue weighted by atomic mass is 9.97. The van der Waals surface area contributed by atoms with Crippen LogP contribution >= 0.6 is 11.8 Å². The van der Waals surface area contributed by atoms with Crippen LogP contribution < -0.4 is 4.90 Å². The van der Waals surface area contributed by atoms with E-state index in [4.69, 9.17) is 9.97 Å². The Balaban J connectivity index is 1.58. The van der Waals surface area contributed by atoms with Gasteiger partial charge in [0.15, 0.2) is 5.16 Å². The van der Waals surface area contributed by atoms with Crippen molar-refractivity contribution in [2.75, 3.05) is 37.3 Å². The van der Waals surface area contributed by atoms with Crippen molar-refractivity contribution in [3.8, 4) is 6.07 Å². The Hall–Kier alpha value is -2.14. The highest BCUT2D eigenvalue weighted by Gasteiger charge is 2.35. The van der Waals surface area contributed by atoms with Gasteiger partial charge in [-0.1, -0.05) is 42.1 Å². The molecule has 2 aliphatic rings. The van der Waals surface area contributed by atoms with Crippen LogP contribution in [0.3, 0.4) is 0 Å². The summed E-state index contributed by atoms with van der Waals surface area (Å²) in [7, 11) is 0.